The van der Waals surface area contributed by atoms with Crippen LogP contribution in [0.1, 0.15) is 37.8 Å². The van der Waals surface area contributed by atoms with Crippen LogP contribution in [0.3, 0.4) is 0 Å². The molecule has 0 atom stereocenters. The molecule has 0 unspecified atom stereocenters. The van der Waals surface area contributed by atoms with Crippen molar-refractivity contribution in [3.8, 4) is 0 Å². The highest BCUT2D eigenvalue weighted by Crippen LogP contribution is 2.32. The lowest BCUT2D eigenvalue weighted by molar-refractivity contribution is 0.185. The van der Waals surface area contributed by atoms with Gasteiger partial charge in [0.25, 0.3) is 0 Å². The lowest BCUT2D eigenvalue weighted by Gasteiger charge is -2.37. The van der Waals surface area contributed by atoms with Gasteiger partial charge < -0.3 is 20.1 Å². The fourth-order valence-corrected chi connectivity index (χ4v) is 4.55. The molecule has 2 aliphatic rings. The van der Waals surface area contributed by atoms with Crippen molar-refractivity contribution in [3.05, 3.63) is 53.5 Å². The number of hydrogen-bond donors (Lipinski definition) is 1. The van der Waals surface area contributed by atoms with Crippen LogP contribution in [0.5, 0.6) is 0 Å². The van der Waals surface area contributed by atoms with Gasteiger partial charge in [-0.2, -0.15) is 0 Å². The molecular formula is C23H31N5O. The highest BCUT2D eigenvalue weighted by molar-refractivity contribution is 6.02. The zero-order valence-electron chi connectivity index (χ0n) is 17.5. The molecule has 154 valence electrons. The van der Waals surface area contributed by atoms with E-state index >= 15 is 0 Å². The van der Waals surface area contributed by atoms with Gasteiger partial charge in [0.05, 0.1) is 5.69 Å². The minimum Gasteiger partial charge on any atom is -0.401 e. The monoisotopic (exact) mass is 393 g/mol. The molecular weight excluding hydrogens is 362 g/mol. The van der Waals surface area contributed by atoms with Gasteiger partial charge >= 0.3 is 0 Å². The Morgan fingerprint density at radius 3 is 2.76 bits per heavy atom. The summed E-state index contributed by atoms with van der Waals surface area (Å²) in [4.78, 5) is 9.23. The van der Waals surface area contributed by atoms with Crippen molar-refractivity contribution in [2.45, 2.75) is 32.1 Å². The summed E-state index contributed by atoms with van der Waals surface area (Å²) in [7, 11) is 1.81. The fourth-order valence-electron chi connectivity index (χ4n) is 4.55. The minimum absolute atomic E-state index is 0.484. The molecule has 3 heterocycles. The number of nitrogens with two attached hydrogens (primary N) is 1. The number of likely N-dealkylation sites (tertiary alicyclic amines) is 1. The summed E-state index contributed by atoms with van der Waals surface area (Å²) in [5.74, 6) is 0.484. The Kier molecular flexibility index (Phi) is 5.72. The Balaban J connectivity index is 1.32. The van der Waals surface area contributed by atoms with E-state index < -0.39 is 0 Å². The van der Waals surface area contributed by atoms with Gasteiger partial charge in [-0.1, -0.05) is 23.9 Å². The van der Waals surface area contributed by atoms with Crippen molar-refractivity contribution in [2.24, 2.45) is 10.7 Å². The molecule has 1 fully saturated rings. The third-order valence-corrected chi connectivity index (χ3v) is 6.41. The van der Waals surface area contributed by atoms with Gasteiger partial charge in [-0.3, -0.25) is 4.99 Å². The Morgan fingerprint density at radius 1 is 1.24 bits per heavy atom. The average molecular weight is 394 g/mol. The molecule has 2 N–H and O–H groups in total. The number of allylic oxidation sites excluding steroid dienone is 1. The van der Waals surface area contributed by atoms with E-state index in [9.17, 15) is 0 Å². The highest BCUT2D eigenvalue weighted by Gasteiger charge is 2.26. The molecule has 0 aliphatic carbocycles. The quantitative estimate of drug-likeness (QED) is 0.787. The molecule has 1 saturated heterocycles. The lowest BCUT2D eigenvalue weighted by atomic mass is 9.91. The molecule has 2 aromatic rings. The maximum atomic E-state index is 6.24. The Labute approximate surface area is 172 Å². The smallest absolute Gasteiger partial charge is 0.167 e. The van der Waals surface area contributed by atoms with Crippen LogP contribution < -0.4 is 5.73 Å². The number of nitrogens with zero attached hydrogens (tertiary/aromatic N) is 4. The summed E-state index contributed by atoms with van der Waals surface area (Å²) < 4.78 is 5.51. The van der Waals surface area contributed by atoms with E-state index in [4.69, 9.17) is 10.3 Å². The van der Waals surface area contributed by atoms with Crippen LogP contribution in [0, 0.1) is 0 Å². The topological polar surface area (TPSA) is 70.9 Å². The number of aliphatic imine (C=N–C) groups is 1. The molecule has 29 heavy (non-hydrogen) atoms. The van der Waals surface area contributed by atoms with Crippen LogP contribution in [-0.4, -0.2) is 60.4 Å². The molecule has 1 aromatic heterocycles. The van der Waals surface area contributed by atoms with E-state index in [-0.39, 0.29) is 0 Å². The molecule has 0 spiro atoms. The number of fused-ring (bicyclic) bond motifs is 1. The molecule has 1 aromatic carbocycles. The van der Waals surface area contributed by atoms with Gasteiger partial charge in [0, 0.05) is 67.1 Å². The first-order valence-corrected chi connectivity index (χ1v) is 10.5. The van der Waals surface area contributed by atoms with E-state index in [0.29, 0.717) is 5.92 Å². The largest absolute Gasteiger partial charge is 0.401 e. The third-order valence-electron chi connectivity index (χ3n) is 6.41. The maximum absolute atomic E-state index is 6.24. The zero-order chi connectivity index (χ0) is 20.4. The van der Waals surface area contributed by atoms with Crippen molar-refractivity contribution >= 4 is 16.7 Å². The number of para-hydroxylation sites is 1. The predicted octanol–water partition coefficient (Wildman–Crippen LogP) is 3.53. The summed E-state index contributed by atoms with van der Waals surface area (Å²) in [5.41, 5.74) is 12.2. The second-order valence-corrected chi connectivity index (χ2v) is 8.07. The van der Waals surface area contributed by atoms with Crippen LogP contribution >= 0.6 is 0 Å². The molecule has 0 bridgehead atoms. The normalized spacial score (nSPS) is 20.1. The molecule has 0 saturated carbocycles. The number of rotatable bonds is 5. The highest BCUT2D eigenvalue weighted by atomic mass is 16.5. The summed E-state index contributed by atoms with van der Waals surface area (Å²) in [6.07, 6.45) is 3.12. The molecule has 4 rings (SSSR count). The summed E-state index contributed by atoms with van der Waals surface area (Å²) in [6.45, 7) is 11.4. The van der Waals surface area contributed by atoms with Crippen molar-refractivity contribution < 1.29 is 4.52 Å². The Hall–Kier alpha value is -2.60. The average Bonchev–Trinajstić information content (AvgIpc) is 3.17. The minimum atomic E-state index is 0.484. The lowest BCUT2D eigenvalue weighted by Crippen LogP contribution is -2.41. The second-order valence-electron chi connectivity index (χ2n) is 8.07. The summed E-state index contributed by atoms with van der Waals surface area (Å²) in [6, 6.07) is 8.17. The first kappa shape index (κ1) is 19.7. The molecule has 2 aliphatic heterocycles. The van der Waals surface area contributed by atoms with Crippen molar-refractivity contribution in [2.75, 3.05) is 39.8 Å². The first-order valence-electron chi connectivity index (χ1n) is 10.5. The van der Waals surface area contributed by atoms with Gasteiger partial charge in [-0.25, -0.2) is 0 Å². The predicted molar refractivity (Wildman–Crippen MR) is 118 cm³/mol. The molecule has 6 heteroatoms. The van der Waals surface area contributed by atoms with E-state index in [2.05, 4.69) is 38.7 Å². The van der Waals surface area contributed by atoms with Gasteiger partial charge in [-0.05, 0) is 45.0 Å². The number of hydrogen-bond acceptors (Lipinski definition) is 6. The van der Waals surface area contributed by atoms with E-state index in [1.807, 2.05) is 26.1 Å². The van der Waals surface area contributed by atoms with Crippen LogP contribution in [0.4, 0.5) is 0 Å². The first-order chi connectivity index (χ1) is 14.1. The summed E-state index contributed by atoms with van der Waals surface area (Å²) >= 11 is 0. The number of piperidine rings is 1. The van der Waals surface area contributed by atoms with Crippen LogP contribution in [0.25, 0.3) is 11.0 Å². The van der Waals surface area contributed by atoms with Crippen molar-refractivity contribution in [3.63, 3.8) is 0 Å². The molecule has 6 nitrogen and oxygen atoms in total. The standard InChI is InChI=1S/C23H31N5O/c1-16(25-3)22-17(2)28(13-10-20(22)24)15-14-27-11-8-18(9-12-27)23-19-6-4-5-7-21(19)29-26-23/h4-7,18H,2,8-15,24H2,1,3H3. The maximum Gasteiger partial charge on any atom is 0.167 e. The van der Waals surface area contributed by atoms with Crippen molar-refractivity contribution in [1.82, 2.24) is 15.0 Å². The molecule has 0 amide bonds. The van der Waals surface area contributed by atoms with E-state index in [0.717, 1.165) is 85.9 Å². The van der Waals surface area contributed by atoms with E-state index in [1.54, 1.807) is 0 Å². The van der Waals surface area contributed by atoms with Gasteiger partial charge in [-0.15, -0.1) is 0 Å². The third kappa shape index (κ3) is 3.94. The van der Waals surface area contributed by atoms with Crippen LogP contribution in [0.15, 0.2) is 57.3 Å². The fraction of sp³-hybridized carbons (Fsp3) is 0.478. The second kappa shape index (κ2) is 8.41. The van der Waals surface area contributed by atoms with Crippen LogP contribution in [0.2, 0.25) is 0 Å². The van der Waals surface area contributed by atoms with Gasteiger partial charge in [0.1, 0.15) is 0 Å². The zero-order valence-corrected chi connectivity index (χ0v) is 17.5. The Bertz CT molecular complexity index is 949. The summed E-state index contributed by atoms with van der Waals surface area (Å²) in [5, 5.41) is 5.54. The van der Waals surface area contributed by atoms with Gasteiger partial charge in [0.15, 0.2) is 5.58 Å². The number of aromatic nitrogens is 1. The van der Waals surface area contributed by atoms with Crippen molar-refractivity contribution in [1.29, 1.82) is 0 Å². The SMILES string of the molecule is C=C1C(C(C)=NC)=C(N)CCN1CCN1CCC(c2noc3ccccc23)CC1. The molecule has 0 radical (unpaired) electrons. The Morgan fingerprint density at radius 2 is 2.00 bits per heavy atom. The number of benzene rings is 1. The van der Waals surface area contributed by atoms with Gasteiger partial charge in [0.2, 0.25) is 0 Å². The van der Waals surface area contributed by atoms with Crippen LogP contribution in [-0.2, 0) is 0 Å². The van der Waals surface area contributed by atoms with E-state index in [1.165, 1.54) is 5.39 Å².